The van der Waals surface area contributed by atoms with Gasteiger partial charge in [-0.25, -0.2) is 0 Å². The van der Waals surface area contributed by atoms with Crippen molar-refractivity contribution in [1.29, 1.82) is 0 Å². The zero-order valence-electron chi connectivity index (χ0n) is 13.8. The van der Waals surface area contributed by atoms with Crippen LogP contribution in [0.5, 0.6) is 0 Å². The van der Waals surface area contributed by atoms with Gasteiger partial charge in [0.1, 0.15) is 0 Å². The summed E-state index contributed by atoms with van der Waals surface area (Å²) in [6, 6.07) is 0. The second kappa shape index (κ2) is 9.97. The number of nitrogens with zero attached hydrogens (tertiary/aromatic N) is 2. The number of rotatable bonds is 9. The van der Waals surface area contributed by atoms with Crippen molar-refractivity contribution in [2.75, 3.05) is 59.6 Å². The Kier molecular flexibility index (Phi) is 8.64. The Morgan fingerprint density at radius 3 is 2.76 bits per heavy atom. The van der Waals surface area contributed by atoms with Gasteiger partial charge in [0.2, 0.25) is 0 Å². The molecule has 21 heavy (non-hydrogen) atoms. The summed E-state index contributed by atoms with van der Waals surface area (Å²) in [5.74, 6) is 0.853. The van der Waals surface area contributed by atoms with E-state index in [0.29, 0.717) is 13.2 Å². The molecule has 1 rings (SSSR count). The molecule has 124 valence electrons. The normalized spacial score (nSPS) is 22.8. The Balaban J connectivity index is 2.49. The molecule has 1 heterocycles. The van der Waals surface area contributed by atoms with Gasteiger partial charge in [0.25, 0.3) is 0 Å². The van der Waals surface area contributed by atoms with Crippen molar-refractivity contribution in [3.05, 3.63) is 0 Å². The zero-order chi connectivity index (χ0) is 15.6. The van der Waals surface area contributed by atoms with Crippen LogP contribution in [0.2, 0.25) is 0 Å². The second-order valence-electron chi connectivity index (χ2n) is 5.79. The molecule has 1 aliphatic heterocycles. The summed E-state index contributed by atoms with van der Waals surface area (Å²) in [7, 11) is 2.11. The molecule has 1 unspecified atom stereocenters. The summed E-state index contributed by atoms with van der Waals surface area (Å²) < 4.78 is 5.50. The Bertz CT molecular complexity index is 304. The summed E-state index contributed by atoms with van der Waals surface area (Å²) in [6.45, 7) is 10.4. The fourth-order valence-corrected chi connectivity index (χ4v) is 2.40. The van der Waals surface area contributed by atoms with Gasteiger partial charge in [0.15, 0.2) is 5.96 Å². The lowest BCUT2D eigenvalue weighted by Gasteiger charge is -2.25. The first-order valence-electron chi connectivity index (χ1n) is 8.05. The lowest BCUT2D eigenvalue weighted by atomic mass is 9.84. The average Bonchev–Trinajstić information content (AvgIpc) is 2.94. The minimum atomic E-state index is 0.0112. The Hall–Kier alpha value is -0.850. The summed E-state index contributed by atoms with van der Waals surface area (Å²) in [5, 5.41) is 15.9. The van der Waals surface area contributed by atoms with E-state index < -0.39 is 0 Å². The topological polar surface area (TPSA) is 69.1 Å². The summed E-state index contributed by atoms with van der Waals surface area (Å²) in [6.07, 6.45) is 1.74. The third-order valence-corrected chi connectivity index (χ3v) is 4.07. The highest BCUT2D eigenvalue weighted by atomic mass is 16.5. The van der Waals surface area contributed by atoms with E-state index in [1.165, 1.54) is 0 Å². The second-order valence-corrected chi connectivity index (χ2v) is 5.79. The molecule has 0 radical (unpaired) electrons. The van der Waals surface area contributed by atoms with Crippen LogP contribution in [-0.4, -0.2) is 75.6 Å². The van der Waals surface area contributed by atoms with E-state index in [0.717, 1.165) is 51.6 Å². The van der Waals surface area contributed by atoms with Gasteiger partial charge in [-0.3, -0.25) is 4.99 Å². The van der Waals surface area contributed by atoms with Crippen LogP contribution in [0.25, 0.3) is 0 Å². The van der Waals surface area contributed by atoms with Crippen molar-refractivity contribution in [1.82, 2.24) is 15.5 Å². The third kappa shape index (κ3) is 6.63. The molecule has 0 aliphatic carbocycles. The number of nitrogens with one attached hydrogen (secondary N) is 2. The Morgan fingerprint density at radius 1 is 1.38 bits per heavy atom. The highest BCUT2D eigenvalue weighted by molar-refractivity contribution is 5.79. The Morgan fingerprint density at radius 2 is 2.19 bits per heavy atom. The third-order valence-electron chi connectivity index (χ3n) is 4.07. The van der Waals surface area contributed by atoms with Gasteiger partial charge in [-0.05, 0) is 33.4 Å². The number of aliphatic hydroxyl groups is 1. The molecular formula is C15H32N4O2. The number of hydrogen-bond acceptors (Lipinski definition) is 4. The largest absolute Gasteiger partial charge is 0.396 e. The average molecular weight is 300 g/mol. The van der Waals surface area contributed by atoms with Crippen LogP contribution in [0.3, 0.4) is 0 Å². The van der Waals surface area contributed by atoms with E-state index in [-0.39, 0.29) is 12.0 Å². The molecule has 0 amide bonds. The van der Waals surface area contributed by atoms with Crippen LogP contribution < -0.4 is 10.6 Å². The van der Waals surface area contributed by atoms with E-state index in [2.05, 4.69) is 36.4 Å². The van der Waals surface area contributed by atoms with Crippen molar-refractivity contribution in [3.8, 4) is 0 Å². The molecule has 0 spiro atoms. The maximum atomic E-state index is 9.25. The highest BCUT2D eigenvalue weighted by Gasteiger charge is 2.34. The van der Waals surface area contributed by atoms with E-state index in [1.807, 2.05) is 0 Å². The molecular weight excluding hydrogens is 268 g/mol. The molecule has 1 atom stereocenters. The van der Waals surface area contributed by atoms with E-state index in [1.54, 1.807) is 0 Å². The summed E-state index contributed by atoms with van der Waals surface area (Å²) >= 11 is 0. The first-order chi connectivity index (χ1) is 10.2. The van der Waals surface area contributed by atoms with Crippen molar-refractivity contribution >= 4 is 5.96 Å². The number of aliphatic hydroxyl groups excluding tert-OH is 1. The molecule has 1 aliphatic rings. The van der Waals surface area contributed by atoms with Gasteiger partial charge in [0.05, 0.1) is 13.2 Å². The van der Waals surface area contributed by atoms with Crippen LogP contribution in [0, 0.1) is 5.41 Å². The standard InChI is InChI=1S/C15H32N4O2/c1-4-16-14(17-8-9-19(3)5-2)18-12-15(6-10-20)7-11-21-13-15/h20H,4-13H2,1-3H3,(H2,16,17,18). The minimum absolute atomic E-state index is 0.0112. The van der Waals surface area contributed by atoms with Crippen LogP contribution >= 0.6 is 0 Å². The lowest BCUT2D eigenvalue weighted by molar-refractivity contribution is 0.131. The van der Waals surface area contributed by atoms with E-state index >= 15 is 0 Å². The molecule has 0 bridgehead atoms. The van der Waals surface area contributed by atoms with Crippen molar-refractivity contribution in [2.45, 2.75) is 26.7 Å². The summed E-state index contributed by atoms with van der Waals surface area (Å²) in [4.78, 5) is 6.95. The lowest BCUT2D eigenvalue weighted by Crippen LogP contribution is -2.42. The van der Waals surface area contributed by atoms with Gasteiger partial charge >= 0.3 is 0 Å². The molecule has 0 saturated carbocycles. The van der Waals surface area contributed by atoms with E-state index in [9.17, 15) is 5.11 Å². The van der Waals surface area contributed by atoms with Crippen molar-refractivity contribution in [2.24, 2.45) is 10.4 Å². The molecule has 0 aromatic carbocycles. The molecule has 1 fully saturated rings. The molecule has 0 aromatic rings. The smallest absolute Gasteiger partial charge is 0.191 e. The monoisotopic (exact) mass is 300 g/mol. The first kappa shape index (κ1) is 18.2. The van der Waals surface area contributed by atoms with Crippen molar-refractivity contribution < 1.29 is 9.84 Å². The van der Waals surface area contributed by atoms with Crippen LogP contribution in [-0.2, 0) is 4.74 Å². The van der Waals surface area contributed by atoms with Crippen molar-refractivity contribution in [3.63, 3.8) is 0 Å². The minimum Gasteiger partial charge on any atom is -0.396 e. The summed E-state index contributed by atoms with van der Waals surface area (Å²) in [5.41, 5.74) is 0.0112. The number of hydrogen-bond donors (Lipinski definition) is 3. The van der Waals surface area contributed by atoms with Gasteiger partial charge in [-0.1, -0.05) is 6.92 Å². The fraction of sp³-hybridized carbons (Fsp3) is 0.933. The maximum absolute atomic E-state index is 9.25. The Labute approximate surface area is 129 Å². The molecule has 3 N–H and O–H groups in total. The zero-order valence-corrected chi connectivity index (χ0v) is 13.8. The molecule has 0 aromatic heterocycles. The van der Waals surface area contributed by atoms with E-state index in [4.69, 9.17) is 9.73 Å². The molecule has 6 nitrogen and oxygen atoms in total. The van der Waals surface area contributed by atoms with Gasteiger partial charge in [-0.2, -0.15) is 0 Å². The molecule has 6 heteroatoms. The van der Waals surface area contributed by atoms with Gasteiger partial charge in [0, 0.05) is 38.3 Å². The predicted octanol–water partition coefficient (Wildman–Crippen LogP) is 0.282. The number of likely N-dealkylation sites (N-methyl/N-ethyl adjacent to an activating group) is 1. The first-order valence-corrected chi connectivity index (χ1v) is 8.05. The van der Waals surface area contributed by atoms with Crippen LogP contribution in [0.1, 0.15) is 26.7 Å². The number of guanidine groups is 1. The number of ether oxygens (including phenoxy) is 1. The predicted molar refractivity (Wildman–Crippen MR) is 86.7 cm³/mol. The van der Waals surface area contributed by atoms with Gasteiger partial charge in [-0.15, -0.1) is 0 Å². The fourth-order valence-electron chi connectivity index (χ4n) is 2.40. The number of aliphatic imine (C=N–C) groups is 1. The van der Waals surface area contributed by atoms with Gasteiger partial charge < -0.3 is 25.4 Å². The SMILES string of the molecule is CCNC(=NCC1(CCO)CCOC1)NCCN(C)CC. The van der Waals surface area contributed by atoms with Crippen LogP contribution in [0.4, 0.5) is 0 Å². The molecule has 1 saturated heterocycles. The quantitative estimate of drug-likeness (QED) is 0.422. The van der Waals surface area contributed by atoms with Crippen LogP contribution in [0.15, 0.2) is 4.99 Å². The maximum Gasteiger partial charge on any atom is 0.191 e. The highest BCUT2D eigenvalue weighted by Crippen LogP contribution is 2.32.